The number of piperidine rings is 2. The molecule has 0 aromatic carbocycles. The normalized spacial score (nSPS) is 27.8. The van der Waals surface area contributed by atoms with Crippen LogP contribution in [0.25, 0.3) is 0 Å². The number of carbonyl (C=O) groups excluding carboxylic acids is 1. The first kappa shape index (κ1) is 12.9. The number of hydrogen-bond acceptors (Lipinski definition) is 2. The lowest BCUT2D eigenvalue weighted by Crippen LogP contribution is -2.52. The van der Waals surface area contributed by atoms with E-state index in [0.717, 1.165) is 45.4 Å². The van der Waals surface area contributed by atoms with Gasteiger partial charge in [0.15, 0.2) is 0 Å². The Balaban J connectivity index is 2.03. The summed E-state index contributed by atoms with van der Waals surface area (Å²) in [6.45, 7) is 10.6. The summed E-state index contributed by atoms with van der Waals surface area (Å²) in [5.74, 6) is 0.395. The Kier molecular flexibility index (Phi) is 3.48. The first-order valence-electron chi connectivity index (χ1n) is 6.93. The van der Waals surface area contributed by atoms with E-state index in [1.165, 1.54) is 6.42 Å². The van der Waals surface area contributed by atoms with E-state index in [2.05, 4.69) is 31.0 Å². The van der Waals surface area contributed by atoms with E-state index in [1.807, 2.05) is 0 Å². The Hall–Kier alpha value is -0.570. The Morgan fingerprint density at radius 2 is 1.76 bits per heavy atom. The molecule has 0 aromatic rings. The molecule has 2 aliphatic heterocycles. The molecule has 2 rings (SSSR count). The summed E-state index contributed by atoms with van der Waals surface area (Å²) in [6, 6.07) is 0. The van der Waals surface area contributed by atoms with E-state index in [0.29, 0.717) is 11.3 Å². The first-order valence-corrected chi connectivity index (χ1v) is 6.93. The molecule has 2 aliphatic rings. The number of carbonyl (C=O) groups is 1. The van der Waals surface area contributed by atoms with Crippen molar-refractivity contribution in [2.75, 3.05) is 26.2 Å². The minimum Gasteiger partial charge on any atom is -0.342 e. The van der Waals surface area contributed by atoms with Gasteiger partial charge in [-0.15, -0.1) is 0 Å². The molecule has 17 heavy (non-hydrogen) atoms. The van der Waals surface area contributed by atoms with Crippen LogP contribution < -0.4 is 5.32 Å². The third-order valence-corrected chi connectivity index (χ3v) is 4.41. The molecule has 0 radical (unpaired) electrons. The highest BCUT2D eigenvalue weighted by Gasteiger charge is 2.40. The molecule has 1 N–H and O–H groups in total. The molecule has 2 fully saturated rings. The van der Waals surface area contributed by atoms with Crippen molar-refractivity contribution in [3.63, 3.8) is 0 Å². The lowest BCUT2D eigenvalue weighted by molar-refractivity contribution is -0.145. The lowest BCUT2D eigenvalue weighted by atomic mass is 9.77. The maximum atomic E-state index is 12.7. The predicted molar refractivity (Wildman–Crippen MR) is 69.8 cm³/mol. The van der Waals surface area contributed by atoms with Crippen LogP contribution in [0.1, 0.15) is 46.5 Å². The van der Waals surface area contributed by atoms with Crippen LogP contribution in [0.4, 0.5) is 0 Å². The van der Waals surface area contributed by atoms with E-state index < -0.39 is 0 Å². The van der Waals surface area contributed by atoms with Gasteiger partial charge < -0.3 is 10.2 Å². The minimum atomic E-state index is -0.112. The third kappa shape index (κ3) is 2.82. The van der Waals surface area contributed by atoms with Gasteiger partial charge in [0.05, 0.1) is 0 Å². The second-order valence-corrected chi connectivity index (χ2v) is 6.81. The van der Waals surface area contributed by atoms with E-state index in [4.69, 9.17) is 0 Å². The second kappa shape index (κ2) is 4.60. The molecular formula is C14H26N2O. The number of nitrogens with zero attached hydrogens (tertiary/aromatic N) is 1. The summed E-state index contributed by atoms with van der Waals surface area (Å²) in [6.07, 6.45) is 4.38. The average Bonchev–Trinajstić information content (AvgIpc) is 2.27. The maximum absolute atomic E-state index is 12.7. The first-order chi connectivity index (χ1) is 7.93. The van der Waals surface area contributed by atoms with E-state index in [9.17, 15) is 4.79 Å². The summed E-state index contributed by atoms with van der Waals surface area (Å²) in [5.41, 5.74) is 0.190. The van der Waals surface area contributed by atoms with Crippen molar-refractivity contribution in [1.29, 1.82) is 0 Å². The Labute approximate surface area is 105 Å². The SMILES string of the molecule is CC1(C)CCCN(C(=O)C2(C)CCNCC2)C1. The monoisotopic (exact) mass is 238 g/mol. The van der Waals surface area contributed by atoms with Crippen molar-refractivity contribution in [1.82, 2.24) is 10.2 Å². The summed E-state index contributed by atoms with van der Waals surface area (Å²) < 4.78 is 0. The molecule has 0 saturated carbocycles. The van der Waals surface area contributed by atoms with Crippen LogP contribution in [0.5, 0.6) is 0 Å². The summed E-state index contributed by atoms with van der Waals surface area (Å²) in [5, 5.41) is 3.34. The number of amides is 1. The van der Waals surface area contributed by atoms with Crippen LogP contribution in [0.15, 0.2) is 0 Å². The van der Waals surface area contributed by atoms with Crippen LogP contribution in [-0.4, -0.2) is 37.0 Å². The van der Waals surface area contributed by atoms with Crippen LogP contribution in [0.2, 0.25) is 0 Å². The molecule has 0 spiro atoms. The molecule has 0 unspecified atom stereocenters. The van der Waals surface area contributed by atoms with Gasteiger partial charge in [0.25, 0.3) is 0 Å². The molecule has 0 aromatic heterocycles. The Morgan fingerprint density at radius 3 is 2.35 bits per heavy atom. The van der Waals surface area contributed by atoms with Gasteiger partial charge >= 0.3 is 0 Å². The number of hydrogen-bond donors (Lipinski definition) is 1. The minimum absolute atomic E-state index is 0.112. The average molecular weight is 238 g/mol. The molecule has 0 aliphatic carbocycles. The smallest absolute Gasteiger partial charge is 0.228 e. The molecular weight excluding hydrogens is 212 g/mol. The van der Waals surface area contributed by atoms with Crippen molar-refractivity contribution in [3.8, 4) is 0 Å². The van der Waals surface area contributed by atoms with Crippen molar-refractivity contribution < 1.29 is 4.79 Å². The summed E-state index contributed by atoms with van der Waals surface area (Å²) >= 11 is 0. The van der Waals surface area contributed by atoms with E-state index in [1.54, 1.807) is 0 Å². The molecule has 98 valence electrons. The van der Waals surface area contributed by atoms with Crippen molar-refractivity contribution in [3.05, 3.63) is 0 Å². The van der Waals surface area contributed by atoms with Gasteiger partial charge in [0.1, 0.15) is 0 Å². The number of rotatable bonds is 1. The van der Waals surface area contributed by atoms with Crippen LogP contribution in [0, 0.1) is 10.8 Å². The molecule has 3 heteroatoms. The van der Waals surface area contributed by atoms with Gasteiger partial charge in [-0.05, 0) is 44.2 Å². The van der Waals surface area contributed by atoms with Gasteiger partial charge in [0.2, 0.25) is 5.91 Å². The van der Waals surface area contributed by atoms with Crippen LogP contribution in [-0.2, 0) is 4.79 Å². The summed E-state index contributed by atoms with van der Waals surface area (Å²) in [7, 11) is 0. The molecule has 0 bridgehead atoms. The van der Waals surface area contributed by atoms with Crippen molar-refractivity contribution in [2.45, 2.75) is 46.5 Å². The standard InChI is InChI=1S/C14H26N2O/c1-13(2)5-4-10-16(11-13)12(17)14(3)6-8-15-9-7-14/h15H,4-11H2,1-3H3. The van der Waals surface area contributed by atoms with Crippen LogP contribution >= 0.6 is 0 Å². The van der Waals surface area contributed by atoms with Gasteiger partial charge in [0, 0.05) is 18.5 Å². The summed E-state index contributed by atoms with van der Waals surface area (Å²) in [4.78, 5) is 14.8. The third-order valence-electron chi connectivity index (χ3n) is 4.41. The maximum Gasteiger partial charge on any atom is 0.228 e. The zero-order valence-corrected chi connectivity index (χ0v) is 11.5. The molecule has 1 amide bonds. The fourth-order valence-electron chi connectivity index (χ4n) is 3.17. The van der Waals surface area contributed by atoms with Gasteiger partial charge in [-0.2, -0.15) is 0 Å². The fourth-order valence-corrected chi connectivity index (χ4v) is 3.17. The lowest BCUT2D eigenvalue weighted by Gasteiger charge is -2.43. The number of nitrogens with one attached hydrogen (secondary N) is 1. The molecule has 2 heterocycles. The quantitative estimate of drug-likeness (QED) is 0.758. The van der Waals surface area contributed by atoms with Crippen molar-refractivity contribution >= 4 is 5.91 Å². The zero-order valence-electron chi connectivity index (χ0n) is 11.5. The Morgan fingerprint density at radius 1 is 1.12 bits per heavy atom. The topological polar surface area (TPSA) is 32.3 Å². The van der Waals surface area contributed by atoms with Gasteiger partial charge in [-0.1, -0.05) is 20.8 Å². The van der Waals surface area contributed by atoms with Crippen LogP contribution in [0.3, 0.4) is 0 Å². The fraction of sp³-hybridized carbons (Fsp3) is 0.929. The van der Waals surface area contributed by atoms with E-state index in [-0.39, 0.29) is 5.41 Å². The van der Waals surface area contributed by atoms with Gasteiger partial charge in [-0.25, -0.2) is 0 Å². The molecule has 3 nitrogen and oxygen atoms in total. The second-order valence-electron chi connectivity index (χ2n) is 6.81. The molecule has 0 atom stereocenters. The predicted octanol–water partition coefficient (Wildman–Crippen LogP) is 2.02. The largest absolute Gasteiger partial charge is 0.342 e. The Bertz CT molecular complexity index is 293. The highest BCUT2D eigenvalue weighted by atomic mass is 16.2. The number of likely N-dealkylation sites (tertiary alicyclic amines) is 1. The van der Waals surface area contributed by atoms with Gasteiger partial charge in [-0.3, -0.25) is 4.79 Å². The zero-order chi connectivity index (χ0) is 12.5. The van der Waals surface area contributed by atoms with Crippen molar-refractivity contribution in [2.24, 2.45) is 10.8 Å². The van der Waals surface area contributed by atoms with E-state index >= 15 is 0 Å². The highest BCUT2D eigenvalue weighted by molar-refractivity contribution is 5.82. The molecule has 2 saturated heterocycles. The highest BCUT2D eigenvalue weighted by Crippen LogP contribution is 2.35.